The zero-order valence-corrected chi connectivity index (χ0v) is 15.8. The Kier molecular flexibility index (Phi) is 5.35. The van der Waals surface area contributed by atoms with Gasteiger partial charge in [-0.3, -0.25) is 4.79 Å². The fourth-order valence-corrected chi connectivity index (χ4v) is 3.11. The minimum atomic E-state index is -0.479. The third-order valence-electron chi connectivity index (χ3n) is 4.18. The Morgan fingerprint density at radius 3 is 2.50 bits per heavy atom. The van der Waals surface area contributed by atoms with E-state index in [1.165, 1.54) is 6.07 Å². The minimum absolute atomic E-state index is 0.0192. The molecule has 0 atom stereocenters. The van der Waals surface area contributed by atoms with Crippen LogP contribution < -0.4 is 5.63 Å². The van der Waals surface area contributed by atoms with Crippen LogP contribution in [-0.2, 0) is 22.6 Å². The lowest BCUT2D eigenvalue weighted by atomic mass is 10.0. The van der Waals surface area contributed by atoms with E-state index in [9.17, 15) is 9.59 Å². The highest BCUT2D eigenvalue weighted by Crippen LogP contribution is 2.23. The Balaban J connectivity index is 1.80. The normalized spacial score (nSPS) is 10.9. The average molecular weight is 391 g/mol. The zero-order valence-electron chi connectivity index (χ0n) is 14.3. The summed E-state index contributed by atoms with van der Waals surface area (Å²) in [5.41, 5.74) is 3.32. The summed E-state index contributed by atoms with van der Waals surface area (Å²) >= 11 is 11.9. The van der Waals surface area contributed by atoms with E-state index in [4.69, 9.17) is 32.4 Å². The van der Waals surface area contributed by atoms with E-state index in [0.29, 0.717) is 26.8 Å². The van der Waals surface area contributed by atoms with Crippen molar-refractivity contribution in [2.45, 2.75) is 26.9 Å². The van der Waals surface area contributed by atoms with Crippen LogP contribution >= 0.6 is 23.2 Å². The number of esters is 1. The van der Waals surface area contributed by atoms with Gasteiger partial charge in [0, 0.05) is 27.1 Å². The van der Waals surface area contributed by atoms with Crippen LogP contribution in [0.4, 0.5) is 0 Å². The van der Waals surface area contributed by atoms with Gasteiger partial charge < -0.3 is 9.15 Å². The van der Waals surface area contributed by atoms with E-state index >= 15 is 0 Å². The maximum atomic E-state index is 12.1. The number of carbonyl (C=O) groups is 1. The summed E-state index contributed by atoms with van der Waals surface area (Å²) < 4.78 is 10.6. The molecule has 0 saturated heterocycles. The Hall–Kier alpha value is -2.30. The molecule has 0 radical (unpaired) electrons. The van der Waals surface area contributed by atoms with Gasteiger partial charge in [0.2, 0.25) is 0 Å². The smallest absolute Gasteiger partial charge is 0.336 e. The highest BCUT2D eigenvalue weighted by molar-refractivity contribution is 6.35. The predicted molar refractivity (Wildman–Crippen MR) is 102 cm³/mol. The van der Waals surface area contributed by atoms with Crippen molar-refractivity contribution in [3.05, 3.63) is 79.1 Å². The molecule has 0 N–H and O–H groups in total. The van der Waals surface area contributed by atoms with E-state index in [0.717, 1.165) is 16.5 Å². The van der Waals surface area contributed by atoms with Crippen molar-refractivity contribution in [1.29, 1.82) is 0 Å². The van der Waals surface area contributed by atoms with E-state index in [1.54, 1.807) is 18.2 Å². The Bertz CT molecular complexity index is 1050. The van der Waals surface area contributed by atoms with Gasteiger partial charge in [-0.1, -0.05) is 29.3 Å². The van der Waals surface area contributed by atoms with Crippen LogP contribution in [0.1, 0.15) is 22.3 Å². The number of benzene rings is 2. The van der Waals surface area contributed by atoms with Crippen molar-refractivity contribution in [1.82, 2.24) is 0 Å². The van der Waals surface area contributed by atoms with Crippen molar-refractivity contribution < 1.29 is 13.9 Å². The third kappa shape index (κ3) is 4.09. The number of aryl methyl sites for hydroxylation is 2. The van der Waals surface area contributed by atoms with Gasteiger partial charge in [-0.15, -0.1) is 0 Å². The standard InChI is InChI=1S/C20H16Cl2O4/c1-11-5-16-14(8-20(24)26-18(16)6-12(11)2)10-25-19(23)7-13-3-4-15(21)9-17(13)22/h3-6,8-9H,7,10H2,1-2H3. The number of ether oxygens (including phenoxy) is 1. The summed E-state index contributed by atoms with van der Waals surface area (Å²) in [5, 5.41) is 1.66. The summed E-state index contributed by atoms with van der Waals surface area (Å²) in [5.74, 6) is -0.445. The monoisotopic (exact) mass is 390 g/mol. The first-order chi connectivity index (χ1) is 12.3. The summed E-state index contributed by atoms with van der Waals surface area (Å²) in [7, 11) is 0. The molecular formula is C20H16Cl2O4. The second-order valence-corrected chi connectivity index (χ2v) is 6.94. The van der Waals surface area contributed by atoms with Crippen molar-refractivity contribution >= 4 is 40.1 Å². The number of fused-ring (bicyclic) bond motifs is 1. The fourth-order valence-electron chi connectivity index (χ4n) is 2.63. The van der Waals surface area contributed by atoms with Crippen molar-refractivity contribution in [3.8, 4) is 0 Å². The molecule has 0 saturated carbocycles. The van der Waals surface area contributed by atoms with Crippen molar-refractivity contribution in [3.63, 3.8) is 0 Å². The molecule has 1 heterocycles. The second kappa shape index (κ2) is 7.52. The first-order valence-corrected chi connectivity index (χ1v) is 8.72. The Labute approximate surface area is 160 Å². The zero-order chi connectivity index (χ0) is 18.8. The van der Waals surface area contributed by atoms with Crippen LogP contribution in [0.15, 0.2) is 45.6 Å². The Morgan fingerprint density at radius 2 is 1.77 bits per heavy atom. The molecule has 0 aliphatic heterocycles. The number of carbonyl (C=O) groups excluding carboxylic acids is 1. The quantitative estimate of drug-likeness (QED) is 0.464. The minimum Gasteiger partial charge on any atom is -0.461 e. The highest BCUT2D eigenvalue weighted by atomic mass is 35.5. The fraction of sp³-hybridized carbons (Fsp3) is 0.200. The molecule has 134 valence electrons. The lowest BCUT2D eigenvalue weighted by molar-refractivity contribution is -0.144. The van der Waals surface area contributed by atoms with E-state index in [2.05, 4.69) is 0 Å². The lowest BCUT2D eigenvalue weighted by Crippen LogP contribution is -2.10. The molecule has 0 bridgehead atoms. The maximum absolute atomic E-state index is 12.1. The summed E-state index contributed by atoms with van der Waals surface area (Å²) in [6.45, 7) is 3.89. The highest BCUT2D eigenvalue weighted by Gasteiger charge is 2.12. The van der Waals surface area contributed by atoms with Crippen LogP contribution in [0.2, 0.25) is 10.0 Å². The number of hydrogen-bond donors (Lipinski definition) is 0. The molecule has 0 spiro atoms. The number of halogens is 2. The van der Waals surface area contributed by atoms with Gasteiger partial charge in [-0.2, -0.15) is 0 Å². The molecule has 0 aliphatic rings. The molecule has 26 heavy (non-hydrogen) atoms. The molecule has 1 aromatic heterocycles. The summed E-state index contributed by atoms with van der Waals surface area (Å²) in [4.78, 5) is 23.9. The third-order valence-corrected chi connectivity index (χ3v) is 4.77. The van der Waals surface area contributed by atoms with E-state index < -0.39 is 11.6 Å². The van der Waals surface area contributed by atoms with E-state index in [1.807, 2.05) is 26.0 Å². The first-order valence-electron chi connectivity index (χ1n) is 7.97. The second-order valence-electron chi connectivity index (χ2n) is 6.10. The molecular weight excluding hydrogens is 375 g/mol. The van der Waals surface area contributed by atoms with Crippen LogP contribution in [0.3, 0.4) is 0 Å². The van der Waals surface area contributed by atoms with E-state index in [-0.39, 0.29) is 13.0 Å². The molecule has 0 unspecified atom stereocenters. The largest absolute Gasteiger partial charge is 0.461 e. The van der Waals surface area contributed by atoms with Crippen LogP contribution in [0, 0.1) is 13.8 Å². The summed E-state index contributed by atoms with van der Waals surface area (Å²) in [6, 6.07) is 10.0. The molecule has 0 amide bonds. The SMILES string of the molecule is Cc1cc2oc(=O)cc(COC(=O)Cc3ccc(Cl)cc3Cl)c2cc1C. The van der Waals surface area contributed by atoms with Gasteiger partial charge in [-0.25, -0.2) is 4.79 Å². The van der Waals surface area contributed by atoms with Gasteiger partial charge in [0.1, 0.15) is 12.2 Å². The maximum Gasteiger partial charge on any atom is 0.336 e. The van der Waals surface area contributed by atoms with Gasteiger partial charge in [-0.05, 0) is 54.8 Å². The molecule has 3 aromatic rings. The lowest BCUT2D eigenvalue weighted by Gasteiger charge is -2.10. The van der Waals surface area contributed by atoms with Crippen LogP contribution in [-0.4, -0.2) is 5.97 Å². The molecule has 0 aliphatic carbocycles. The van der Waals surface area contributed by atoms with Gasteiger partial charge in [0.15, 0.2) is 0 Å². The molecule has 4 nitrogen and oxygen atoms in total. The molecule has 3 rings (SSSR count). The first kappa shape index (κ1) is 18.5. The average Bonchev–Trinajstić information content (AvgIpc) is 2.57. The molecule has 6 heteroatoms. The summed E-state index contributed by atoms with van der Waals surface area (Å²) in [6.07, 6.45) is 0.0213. The van der Waals surface area contributed by atoms with Crippen LogP contribution in [0.25, 0.3) is 11.0 Å². The number of hydrogen-bond acceptors (Lipinski definition) is 4. The van der Waals surface area contributed by atoms with Gasteiger partial charge in [0.25, 0.3) is 0 Å². The van der Waals surface area contributed by atoms with Crippen LogP contribution in [0.5, 0.6) is 0 Å². The van der Waals surface area contributed by atoms with Crippen molar-refractivity contribution in [2.24, 2.45) is 0 Å². The molecule has 2 aromatic carbocycles. The number of rotatable bonds is 4. The van der Waals surface area contributed by atoms with Gasteiger partial charge in [0.05, 0.1) is 6.42 Å². The Morgan fingerprint density at radius 1 is 1.04 bits per heavy atom. The van der Waals surface area contributed by atoms with Gasteiger partial charge >= 0.3 is 11.6 Å². The topological polar surface area (TPSA) is 56.5 Å². The van der Waals surface area contributed by atoms with Crippen molar-refractivity contribution in [2.75, 3.05) is 0 Å². The predicted octanol–water partition coefficient (Wildman–Crippen LogP) is 5.00. The molecule has 0 fully saturated rings.